The van der Waals surface area contributed by atoms with Crippen molar-refractivity contribution in [2.45, 2.75) is 20.3 Å². The minimum Gasteiger partial charge on any atom is -0.389 e. The average molecular weight is 313 g/mol. The highest BCUT2D eigenvalue weighted by Crippen LogP contribution is 2.34. The molecule has 0 spiro atoms. The molecule has 2 nitrogen and oxygen atoms in total. The van der Waals surface area contributed by atoms with Crippen LogP contribution in [0.4, 0.5) is 5.69 Å². The molecule has 0 unspecified atom stereocenters. The number of nitrogens with two attached hydrogens (primary N) is 1. The van der Waals surface area contributed by atoms with Crippen molar-refractivity contribution in [3.63, 3.8) is 0 Å². The molecule has 1 heterocycles. The van der Waals surface area contributed by atoms with Crippen LogP contribution in [0.2, 0.25) is 0 Å². The van der Waals surface area contributed by atoms with Gasteiger partial charge in [-0.25, -0.2) is 0 Å². The second-order valence-corrected chi connectivity index (χ2v) is 6.72. The summed E-state index contributed by atoms with van der Waals surface area (Å²) in [5, 5.41) is 0. The van der Waals surface area contributed by atoms with Crippen LogP contribution in [-0.4, -0.2) is 18.1 Å². The van der Waals surface area contributed by atoms with Gasteiger partial charge >= 0.3 is 0 Å². The summed E-state index contributed by atoms with van der Waals surface area (Å²) >= 11 is 8.59. The fourth-order valence-electron chi connectivity index (χ4n) is 2.30. The van der Waals surface area contributed by atoms with Crippen LogP contribution in [-0.2, 0) is 0 Å². The highest BCUT2D eigenvalue weighted by molar-refractivity contribution is 9.10. The van der Waals surface area contributed by atoms with Crippen LogP contribution in [0, 0.1) is 5.41 Å². The smallest absolute Gasteiger partial charge is 0.106 e. The first kappa shape index (κ1) is 12.8. The molecular formula is C13H17BrN2S. The Morgan fingerprint density at radius 1 is 1.47 bits per heavy atom. The molecule has 1 aromatic carbocycles. The lowest BCUT2D eigenvalue weighted by molar-refractivity contribution is 0.418. The molecule has 0 radical (unpaired) electrons. The molecule has 1 aromatic rings. The Kier molecular flexibility index (Phi) is 3.46. The number of rotatable bonds is 2. The average Bonchev–Trinajstić information content (AvgIpc) is 2.58. The lowest BCUT2D eigenvalue weighted by atomic mass is 9.93. The maximum Gasteiger partial charge on any atom is 0.106 e. The van der Waals surface area contributed by atoms with Crippen LogP contribution in [0.1, 0.15) is 25.8 Å². The minimum atomic E-state index is 0.376. The zero-order valence-electron chi connectivity index (χ0n) is 10.2. The van der Waals surface area contributed by atoms with E-state index in [-0.39, 0.29) is 0 Å². The first-order valence-corrected chi connectivity index (χ1v) is 6.93. The molecule has 1 fully saturated rings. The Bertz CT molecular complexity index is 457. The van der Waals surface area contributed by atoms with Crippen LogP contribution in [0.25, 0.3) is 0 Å². The second kappa shape index (κ2) is 4.58. The molecule has 1 aliphatic rings. The predicted molar refractivity (Wildman–Crippen MR) is 80.6 cm³/mol. The normalized spacial score (nSPS) is 18.4. The Hall–Kier alpha value is -0.610. The third-order valence-corrected chi connectivity index (χ3v) is 3.96. The van der Waals surface area contributed by atoms with Crippen molar-refractivity contribution in [2.75, 3.05) is 18.0 Å². The quantitative estimate of drug-likeness (QED) is 0.849. The standard InChI is InChI=1S/C13H17BrN2S/c1-13(2)5-6-16(8-13)11-4-3-9(14)7-10(11)12(15)17/h3-4,7H,5-6,8H2,1-2H3,(H2,15,17). The van der Waals surface area contributed by atoms with E-state index in [9.17, 15) is 0 Å². The summed E-state index contributed by atoms with van der Waals surface area (Å²) in [4.78, 5) is 2.84. The van der Waals surface area contributed by atoms with Gasteiger partial charge in [0.15, 0.2) is 0 Å². The van der Waals surface area contributed by atoms with Gasteiger partial charge in [0.25, 0.3) is 0 Å². The lowest BCUT2D eigenvalue weighted by Gasteiger charge is -2.24. The van der Waals surface area contributed by atoms with Crippen molar-refractivity contribution >= 4 is 38.8 Å². The third kappa shape index (κ3) is 2.80. The Balaban J connectivity index is 2.36. The molecule has 0 saturated carbocycles. The van der Waals surface area contributed by atoms with Gasteiger partial charge < -0.3 is 10.6 Å². The van der Waals surface area contributed by atoms with Crippen LogP contribution in [0.3, 0.4) is 0 Å². The Morgan fingerprint density at radius 3 is 2.71 bits per heavy atom. The van der Waals surface area contributed by atoms with Gasteiger partial charge in [0.1, 0.15) is 4.99 Å². The maximum absolute atomic E-state index is 5.80. The first-order chi connectivity index (χ1) is 7.89. The van der Waals surface area contributed by atoms with Gasteiger partial charge in [-0.15, -0.1) is 0 Å². The molecule has 1 saturated heterocycles. The number of anilines is 1. The van der Waals surface area contributed by atoms with E-state index >= 15 is 0 Å². The van der Waals surface area contributed by atoms with E-state index in [1.807, 2.05) is 12.1 Å². The fraction of sp³-hybridized carbons (Fsp3) is 0.462. The molecule has 2 N–H and O–H groups in total. The van der Waals surface area contributed by atoms with Gasteiger partial charge in [0, 0.05) is 28.8 Å². The first-order valence-electron chi connectivity index (χ1n) is 5.73. The highest BCUT2D eigenvalue weighted by atomic mass is 79.9. The molecule has 0 bridgehead atoms. The van der Waals surface area contributed by atoms with Gasteiger partial charge in [-0.1, -0.05) is 42.0 Å². The van der Waals surface area contributed by atoms with Gasteiger partial charge in [0.2, 0.25) is 0 Å². The van der Waals surface area contributed by atoms with Crippen molar-refractivity contribution in [3.05, 3.63) is 28.2 Å². The number of hydrogen-bond donors (Lipinski definition) is 1. The van der Waals surface area contributed by atoms with E-state index in [1.54, 1.807) is 0 Å². The summed E-state index contributed by atoms with van der Waals surface area (Å²) in [6.07, 6.45) is 1.21. The number of nitrogens with zero attached hydrogens (tertiary/aromatic N) is 1. The highest BCUT2D eigenvalue weighted by Gasteiger charge is 2.30. The SMILES string of the molecule is CC1(C)CCN(c2ccc(Br)cc2C(N)=S)C1. The maximum atomic E-state index is 5.80. The van der Waals surface area contributed by atoms with Crippen LogP contribution in [0.15, 0.2) is 22.7 Å². The molecule has 0 amide bonds. The lowest BCUT2D eigenvalue weighted by Crippen LogP contribution is -2.25. The van der Waals surface area contributed by atoms with Gasteiger partial charge in [-0.2, -0.15) is 0 Å². The van der Waals surface area contributed by atoms with Crippen molar-refractivity contribution in [2.24, 2.45) is 11.1 Å². The van der Waals surface area contributed by atoms with Crippen LogP contribution < -0.4 is 10.6 Å². The molecule has 92 valence electrons. The summed E-state index contributed by atoms with van der Waals surface area (Å²) in [6.45, 7) is 6.73. The summed E-state index contributed by atoms with van der Waals surface area (Å²) < 4.78 is 1.02. The summed E-state index contributed by atoms with van der Waals surface area (Å²) in [5.74, 6) is 0. The molecular weight excluding hydrogens is 296 g/mol. The van der Waals surface area contributed by atoms with E-state index in [0.717, 1.165) is 28.8 Å². The molecule has 0 atom stereocenters. The van der Waals surface area contributed by atoms with Crippen molar-refractivity contribution in [3.8, 4) is 0 Å². The topological polar surface area (TPSA) is 29.3 Å². The van der Waals surface area contributed by atoms with Crippen molar-refractivity contribution < 1.29 is 0 Å². The Labute approximate surface area is 116 Å². The van der Waals surface area contributed by atoms with Crippen molar-refractivity contribution in [1.82, 2.24) is 0 Å². The molecule has 0 aliphatic carbocycles. The molecule has 17 heavy (non-hydrogen) atoms. The van der Waals surface area contributed by atoms with Crippen molar-refractivity contribution in [1.29, 1.82) is 0 Å². The van der Waals surface area contributed by atoms with E-state index in [1.165, 1.54) is 6.42 Å². The molecule has 1 aliphatic heterocycles. The van der Waals surface area contributed by atoms with Crippen LogP contribution >= 0.6 is 28.1 Å². The predicted octanol–water partition coefficient (Wildman–Crippen LogP) is 3.32. The number of benzene rings is 1. The molecule has 4 heteroatoms. The second-order valence-electron chi connectivity index (χ2n) is 5.36. The number of thiocarbonyl (C=S) groups is 1. The van der Waals surface area contributed by atoms with Gasteiger partial charge in [-0.05, 0) is 30.0 Å². The monoisotopic (exact) mass is 312 g/mol. The summed E-state index contributed by atoms with van der Waals surface area (Å²) in [7, 11) is 0. The third-order valence-electron chi connectivity index (χ3n) is 3.24. The number of hydrogen-bond acceptors (Lipinski definition) is 2. The van der Waals surface area contributed by atoms with E-state index in [4.69, 9.17) is 18.0 Å². The van der Waals surface area contributed by atoms with Crippen LogP contribution in [0.5, 0.6) is 0 Å². The Morgan fingerprint density at radius 2 is 2.18 bits per heavy atom. The zero-order chi connectivity index (χ0) is 12.6. The van der Waals surface area contributed by atoms with E-state index in [2.05, 4.69) is 40.7 Å². The van der Waals surface area contributed by atoms with E-state index < -0.39 is 0 Å². The largest absolute Gasteiger partial charge is 0.389 e. The van der Waals surface area contributed by atoms with Gasteiger partial charge in [0.05, 0.1) is 0 Å². The fourth-order valence-corrected chi connectivity index (χ4v) is 2.82. The van der Waals surface area contributed by atoms with E-state index in [0.29, 0.717) is 10.4 Å². The molecule has 2 rings (SSSR count). The van der Waals surface area contributed by atoms with Gasteiger partial charge in [-0.3, -0.25) is 0 Å². The zero-order valence-corrected chi connectivity index (χ0v) is 12.6. The number of halogens is 1. The molecule has 0 aromatic heterocycles. The minimum absolute atomic E-state index is 0.376. The summed E-state index contributed by atoms with van der Waals surface area (Å²) in [6, 6.07) is 6.14. The summed E-state index contributed by atoms with van der Waals surface area (Å²) in [5.41, 5.74) is 8.30.